The van der Waals surface area contributed by atoms with Gasteiger partial charge in [0.1, 0.15) is 0 Å². The lowest BCUT2D eigenvalue weighted by molar-refractivity contribution is 0.0656. The minimum Gasteiger partial charge on any atom is -0.396 e. The van der Waals surface area contributed by atoms with Crippen molar-refractivity contribution >= 4 is 5.91 Å². The second-order valence-corrected chi connectivity index (χ2v) is 6.38. The van der Waals surface area contributed by atoms with Crippen LogP contribution in [0.5, 0.6) is 0 Å². The van der Waals surface area contributed by atoms with Crippen LogP contribution >= 0.6 is 0 Å². The minimum atomic E-state index is -0.102. The SMILES string of the molecule is CC(C)OCc1ccc(C(=O)NCC(C)(C)CCO)cc1. The van der Waals surface area contributed by atoms with Crippen LogP contribution < -0.4 is 5.32 Å². The highest BCUT2D eigenvalue weighted by Crippen LogP contribution is 2.18. The Kier molecular flexibility index (Phi) is 6.85. The molecule has 0 unspecified atom stereocenters. The van der Waals surface area contributed by atoms with E-state index in [9.17, 15) is 4.79 Å². The number of benzene rings is 1. The number of nitrogens with one attached hydrogen (secondary N) is 1. The van der Waals surface area contributed by atoms with E-state index >= 15 is 0 Å². The first-order valence-electron chi connectivity index (χ1n) is 7.44. The molecule has 0 radical (unpaired) electrons. The van der Waals surface area contributed by atoms with Crippen LogP contribution in [-0.2, 0) is 11.3 Å². The van der Waals surface area contributed by atoms with Crippen molar-refractivity contribution in [3.05, 3.63) is 35.4 Å². The predicted molar refractivity (Wildman–Crippen MR) is 84.2 cm³/mol. The molecule has 0 heterocycles. The van der Waals surface area contributed by atoms with E-state index in [0.717, 1.165) is 5.56 Å². The Hall–Kier alpha value is -1.39. The van der Waals surface area contributed by atoms with E-state index in [2.05, 4.69) is 5.32 Å². The summed E-state index contributed by atoms with van der Waals surface area (Å²) in [5.41, 5.74) is 1.60. The molecule has 0 saturated heterocycles. The quantitative estimate of drug-likeness (QED) is 0.775. The first-order chi connectivity index (χ1) is 9.84. The van der Waals surface area contributed by atoms with Crippen LogP contribution in [0.4, 0.5) is 0 Å². The summed E-state index contributed by atoms with van der Waals surface area (Å²) < 4.78 is 5.52. The number of ether oxygens (including phenoxy) is 1. The predicted octanol–water partition coefficient (Wildman–Crippen LogP) is 2.75. The highest BCUT2D eigenvalue weighted by atomic mass is 16.5. The maximum atomic E-state index is 12.1. The third kappa shape index (κ3) is 6.74. The zero-order valence-corrected chi connectivity index (χ0v) is 13.5. The summed E-state index contributed by atoms with van der Waals surface area (Å²) in [4.78, 5) is 12.1. The van der Waals surface area contributed by atoms with Crippen LogP contribution in [0.2, 0.25) is 0 Å². The number of hydrogen-bond donors (Lipinski definition) is 2. The van der Waals surface area contributed by atoms with Crippen molar-refractivity contribution in [2.75, 3.05) is 13.2 Å². The van der Waals surface area contributed by atoms with E-state index in [1.807, 2.05) is 52.0 Å². The fourth-order valence-corrected chi connectivity index (χ4v) is 1.83. The van der Waals surface area contributed by atoms with Gasteiger partial charge in [-0.05, 0) is 43.4 Å². The van der Waals surface area contributed by atoms with Crippen LogP contribution in [0.1, 0.15) is 50.0 Å². The minimum absolute atomic E-state index is 0.0858. The molecule has 4 heteroatoms. The fraction of sp³-hybridized carbons (Fsp3) is 0.588. The van der Waals surface area contributed by atoms with Crippen molar-refractivity contribution in [1.82, 2.24) is 5.32 Å². The molecule has 0 aromatic heterocycles. The van der Waals surface area contributed by atoms with Crippen molar-refractivity contribution in [2.24, 2.45) is 5.41 Å². The summed E-state index contributed by atoms with van der Waals surface area (Å²) in [6.45, 7) is 9.28. The van der Waals surface area contributed by atoms with E-state index in [-0.39, 0.29) is 24.0 Å². The Morgan fingerprint density at radius 1 is 1.29 bits per heavy atom. The van der Waals surface area contributed by atoms with Crippen LogP contribution in [-0.4, -0.2) is 30.3 Å². The van der Waals surface area contributed by atoms with Crippen molar-refractivity contribution in [2.45, 2.75) is 46.8 Å². The van der Waals surface area contributed by atoms with Gasteiger partial charge >= 0.3 is 0 Å². The maximum Gasteiger partial charge on any atom is 0.251 e. The smallest absolute Gasteiger partial charge is 0.251 e. The molecular weight excluding hydrogens is 266 g/mol. The summed E-state index contributed by atoms with van der Waals surface area (Å²) in [7, 11) is 0. The first-order valence-corrected chi connectivity index (χ1v) is 7.44. The zero-order valence-electron chi connectivity index (χ0n) is 13.5. The van der Waals surface area contributed by atoms with E-state index in [1.165, 1.54) is 0 Å². The lowest BCUT2D eigenvalue weighted by Gasteiger charge is -2.23. The molecule has 1 rings (SSSR count). The second kappa shape index (κ2) is 8.15. The Bertz CT molecular complexity index is 438. The molecule has 0 spiro atoms. The molecule has 2 N–H and O–H groups in total. The number of carbonyl (C=O) groups is 1. The highest BCUT2D eigenvalue weighted by molar-refractivity contribution is 5.94. The van der Waals surface area contributed by atoms with Gasteiger partial charge in [0.2, 0.25) is 0 Å². The van der Waals surface area contributed by atoms with E-state index in [0.29, 0.717) is 25.1 Å². The molecule has 0 fully saturated rings. The molecule has 0 aliphatic carbocycles. The normalized spacial score (nSPS) is 11.7. The van der Waals surface area contributed by atoms with E-state index in [1.54, 1.807) is 0 Å². The van der Waals surface area contributed by atoms with Crippen molar-refractivity contribution in [1.29, 1.82) is 0 Å². The van der Waals surface area contributed by atoms with E-state index < -0.39 is 0 Å². The molecule has 21 heavy (non-hydrogen) atoms. The average Bonchev–Trinajstić information content (AvgIpc) is 2.43. The van der Waals surface area contributed by atoms with Gasteiger partial charge in [0.25, 0.3) is 5.91 Å². The topological polar surface area (TPSA) is 58.6 Å². The summed E-state index contributed by atoms with van der Waals surface area (Å²) in [5.74, 6) is -0.0858. The zero-order chi connectivity index (χ0) is 15.9. The largest absolute Gasteiger partial charge is 0.396 e. The van der Waals surface area contributed by atoms with Gasteiger partial charge < -0.3 is 15.2 Å². The van der Waals surface area contributed by atoms with Crippen LogP contribution in [0.15, 0.2) is 24.3 Å². The molecule has 1 aromatic rings. The first kappa shape index (κ1) is 17.7. The second-order valence-electron chi connectivity index (χ2n) is 6.38. The third-order valence-electron chi connectivity index (χ3n) is 3.32. The van der Waals surface area contributed by atoms with Gasteiger partial charge in [-0.2, -0.15) is 0 Å². The summed E-state index contributed by atoms with van der Waals surface area (Å²) >= 11 is 0. The van der Waals surface area contributed by atoms with Gasteiger partial charge in [0.05, 0.1) is 12.7 Å². The third-order valence-corrected chi connectivity index (χ3v) is 3.32. The fourth-order valence-electron chi connectivity index (χ4n) is 1.83. The van der Waals surface area contributed by atoms with Crippen molar-refractivity contribution in [3.63, 3.8) is 0 Å². The average molecular weight is 293 g/mol. The molecule has 4 nitrogen and oxygen atoms in total. The Balaban J connectivity index is 2.51. The molecule has 1 aromatic carbocycles. The Labute approximate surface area is 127 Å². The monoisotopic (exact) mass is 293 g/mol. The Morgan fingerprint density at radius 3 is 2.43 bits per heavy atom. The van der Waals surface area contributed by atoms with Crippen molar-refractivity contribution < 1.29 is 14.6 Å². The van der Waals surface area contributed by atoms with Gasteiger partial charge in [0.15, 0.2) is 0 Å². The van der Waals surface area contributed by atoms with Crippen LogP contribution in [0, 0.1) is 5.41 Å². The van der Waals surface area contributed by atoms with Gasteiger partial charge in [-0.25, -0.2) is 0 Å². The molecule has 0 aliphatic rings. The summed E-state index contributed by atoms with van der Waals surface area (Å²) in [6, 6.07) is 7.45. The number of rotatable bonds is 8. The molecule has 0 aliphatic heterocycles. The number of carbonyl (C=O) groups excluding carboxylic acids is 1. The maximum absolute atomic E-state index is 12.1. The van der Waals surface area contributed by atoms with Crippen molar-refractivity contribution in [3.8, 4) is 0 Å². The lowest BCUT2D eigenvalue weighted by atomic mass is 9.89. The number of amides is 1. The van der Waals surface area contributed by atoms with Gasteiger partial charge in [-0.3, -0.25) is 4.79 Å². The Morgan fingerprint density at radius 2 is 1.90 bits per heavy atom. The molecular formula is C17H27NO3. The molecule has 0 saturated carbocycles. The molecule has 118 valence electrons. The van der Waals surface area contributed by atoms with E-state index in [4.69, 9.17) is 9.84 Å². The standard InChI is InChI=1S/C17H27NO3/c1-13(2)21-11-14-5-7-15(8-6-14)16(20)18-12-17(3,4)9-10-19/h5-8,13,19H,9-12H2,1-4H3,(H,18,20). The molecule has 0 bridgehead atoms. The van der Waals surface area contributed by atoms with Crippen LogP contribution in [0.25, 0.3) is 0 Å². The lowest BCUT2D eigenvalue weighted by Crippen LogP contribution is -2.34. The van der Waals surface area contributed by atoms with Gasteiger partial charge in [-0.1, -0.05) is 26.0 Å². The van der Waals surface area contributed by atoms with Crippen LogP contribution in [0.3, 0.4) is 0 Å². The highest BCUT2D eigenvalue weighted by Gasteiger charge is 2.18. The summed E-state index contributed by atoms with van der Waals surface area (Å²) in [5, 5.41) is 11.9. The summed E-state index contributed by atoms with van der Waals surface area (Å²) in [6.07, 6.45) is 0.861. The molecule has 1 amide bonds. The number of aliphatic hydroxyl groups excluding tert-OH is 1. The van der Waals surface area contributed by atoms with Gasteiger partial charge in [0, 0.05) is 18.7 Å². The number of hydrogen-bond acceptors (Lipinski definition) is 3. The molecule has 0 atom stereocenters. The van der Waals surface area contributed by atoms with Gasteiger partial charge in [-0.15, -0.1) is 0 Å². The number of aliphatic hydroxyl groups is 1.